The minimum atomic E-state index is -6.33. The summed E-state index contributed by atoms with van der Waals surface area (Å²) in [5.74, 6) is -5.96. The molecule has 0 aromatic heterocycles. The highest BCUT2D eigenvalue weighted by Gasteiger charge is 2.75. The number of esters is 1. The number of hydrogen-bond acceptors (Lipinski definition) is 5. The van der Waals surface area contributed by atoms with E-state index in [-0.39, 0.29) is 12.8 Å². The molecule has 0 spiro atoms. The highest BCUT2D eigenvalue weighted by Crippen LogP contribution is 2.47. The zero-order chi connectivity index (χ0) is 21.6. The lowest BCUT2D eigenvalue weighted by atomic mass is 9.95. The summed E-state index contributed by atoms with van der Waals surface area (Å²) in [6.45, 7) is 0. The van der Waals surface area contributed by atoms with Gasteiger partial charge in [-0.25, -0.2) is 8.42 Å². The molecule has 0 aliphatic heterocycles. The number of carbonyl (C=O) groups excluding carboxylic acids is 1. The van der Waals surface area contributed by atoms with E-state index in [0.717, 1.165) is 25.7 Å². The highest BCUT2D eigenvalue weighted by atomic mass is 32.2. The molecule has 0 N–H and O–H groups in total. The average molecular weight is 441 g/mol. The number of hydrogen-bond donors (Lipinski definition) is 0. The molecule has 0 amide bonds. The van der Waals surface area contributed by atoms with Crippen molar-refractivity contribution in [2.24, 2.45) is 5.92 Å². The van der Waals surface area contributed by atoms with Crippen LogP contribution in [-0.2, 0) is 19.6 Å². The third kappa shape index (κ3) is 7.09. The standard InChI is InChI=1S/C16H24F6O5S/c17-15(18,19)14(16(20,21)22,11-28(24,25)26)27-13(23)12-9-7-5-3-1-2-4-6-8-10-12/h12H,1-11H2,(H,24,25,26)/p-1. The predicted octanol–water partition coefficient (Wildman–Crippen LogP) is 4.47. The van der Waals surface area contributed by atoms with Gasteiger partial charge in [0.25, 0.3) is 0 Å². The Morgan fingerprint density at radius 2 is 1.18 bits per heavy atom. The first-order valence-electron chi connectivity index (χ1n) is 8.99. The fraction of sp³-hybridized carbons (Fsp3) is 0.938. The zero-order valence-corrected chi connectivity index (χ0v) is 15.9. The number of rotatable bonds is 4. The van der Waals surface area contributed by atoms with Gasteiger partial charge >= 0.3 is 23.9 Å². The molecule has 12 heteroatoms. The highest BCUT2D eigenvalue weighted by molar-refractivity contribution is 7.85. The maximum atomic E-state index is 13.2. The van der Waals surface area contributed by atoms with Gasteiger partial charge in [-0.05, 0) is 12.8 Å². The fourth-order valence-corrected chi connectivity index (χ4v) is 4.08. The van der Waals surface area contributed by atoms with Gasteiger partial charge in [0.15, 0.2) is 0 Å². The topological polar surface area (TPSA) is 83.5 Å². The Morgan fingerprint density at radius 1 is 0.821 bits per heavy atom. The van der Waals surface area contributed by atoms with E-state index in [1.54, 1.807) is 0 Å². The Morgan fingerprint density at radius 3 is 1.50 bits per heavy atom. The normalized spacial score (nSPS) is 19.7. The van der Waals surface area contributed by atoms with Crippen LogP contribution in [0.4, 0.5) is 26.3 Å². The quantitative estimate of drug-likeness (QED) is 0.365. The van der Waals surface area contributed by atoms with Crippen LogP contribution >= 0.6 is 0 Å². The fourth-order valence-electron chi connectivity index (χ4n) is 3.20. The van der Waals surface area contributed by atoms with E-state index in [1.807, 2.05) is 0 Å². The monoisotopic (exact) mass is 441 g/mol. The second-order valence-corrected chi connectivity index (χ2v) is 8.45. The Labute approximate surface area is 159 Å². The maximum absolute atomic E-state index is 13.2. The van der Waals surface area contributed by atoms with Crippen molar-refractivity contribution in [2.75, 3.05) is 5.75 Å². The van der Waals surface area contributed by atoms with Crippen LogP contribution in [0, 0.1) is 5.92 Å². The molecule has 1 saturated carbocycles. The lowest BCUT2D eigenvalue weighted by Gasteiger charge is -2.37. The smallest absolute Gasteiger partial charge is 0.438 e. The average Bonchev–Trinajstić information content (AvgIpc) is 2.55. The molecule has 0 aromatic rings. The lowest BCUT2D eigenvalue weighted by molar-refractivity contribution is -0.362. The second kappa shape index (κ2) is 9.64. The van der Waals surface area contributed by atoms with Crippen molar-refractivity contribution >= 4 is 16.1 Å². The SMILES string of the molecule is O=C(OC(CS(=O)(=O)[O-])(C(F)(F)F)C(F)(F)F)C1CCCCCCCCCC1. The molecule has 1 aliphatic carbocycles. The summed E-state index contributed by atoms with van der Waals surface area (Å²) in [7, 11) is -6.02. The molecular formula is C16H23F6O5S-. The van der Waals surface area contributed by atoms with E-state index in [4.69, 9.17) is 0 Å². The van der Waals surface area contributed by atoms with Crippen LogP contribution in [0.5, 0.6) is 0 Å². The van der Waals surface area contributed by atoms with Gasteiger partial charge in [0, 0.05) is 0 Å². The third-order valence-electron chi connectivity index (χ3n) is 4.76. The van der Waals surface area contributed by atoms with Crippen molar-refractivity contribution in [3.05, 3.63) is 0 Å². The van der Waals surface area contributed by atoms with Gasteiger partial charge in [0.1, 0.15) is 0 Å². The summed E-state index contributed by atoms with van der Waals surface area (Å²) >= 11 is 0. The summed E-state index contributed by atoms with van der Waals surface area (Å²) in [5, 5.41) is 0. The molecule has 0 unspecified atom stereocenters. The Bertz CT molecular complexity index is 588. The van der Waals surface area contributed by atoms with Crippen LogP contribution in [0.1, 0.15) is 64.2 Å². The Hall–Kier alpha value is -1.04. The molecule has 0 saturated heterocycles. The van der Waals surface area contributed by atoms with Crippen molar-refractivity contribution in [3.8, 4) is 0 Å². The van der Waals surface area contributed by atoms with Gasteiger partial charge in [0.05, 0.1) is 21.8 Å². The van der Waals surface area contributed by atoms with Crippen molar-refractivity contribution in [1.29, 1.82) is 0 Å². The molecule has 28 heavy (non-hydrogen) atoms. The van der Waals surface area contributed by atoms with Crippen LogP contribution in [-0.4, -0.2) is 42.6 Å². The predicted molar refractivity (Wildman–Crippen MR) is 85.2 cm³/mol. The zero-order valence-electron chi connectivity index (χ0n) is 15.1. The van der Waals surface area contributed by atoms with Crippen molar-refractivity contribution in [2.45, 2.75) is 82.2 Å². The van der Waals surface area contributed by atoms with Crippen molar-refractivity contribution in [3.63, 3.8) is 0 Å². The van der Waals surface area contributed by atoms with E-state index in [2.05, 4.69) is 4.74 Å². The molecule has 5 nitrogen and oxygen atoms in total. The van der Waals surface area contributed by atoms with Gasteiger partial charge in [0.2, 0.25) is 0 Å². The second-order valence-electron chi connectivity index (χ2n) is 7.05. The number of carbonyl (C=O) groups is 1. The summed E-state index contributed by atoms with van der Waals surface area (Å²) in [5.41, 5.74) is -5.39. The summed E-state index contributed by atoms with van der Waals surface area (Å²) in [6.07, 6.45) is -6.80. The van der Waals surface area contributed by atoms with Gasteiger partial charge < -0.3 is 9.29 Å². The number of ether oxygens (including phenoxy) is 1. The molecule has 0 heterocycles. The molecular weight excluding hydrogens is 418 g/mol. The summed E-state index contributed by atoms with van der Waals surface area (Å²) < 4.78 is 116. The van der Waals surface area contributed by atoms with Gasteiger partial charge in [-0.15, -0.1) is 0 Å². The van der Waals surface area contributed by atoms with Crippen molar-refractivity contribution in [1.82, 2.24) is 0 Å². The summed E-state index contributed by atoms with van der Waals surface area (Å²) in [4.78, 5) is 12.2. The molecule has 166 valence electrons. The van der Waals surface area contributed by atoms with Crippen LogP contribution in [0.25, 0.3) is 0 Å². The van der Waals surface area contributed by atoms with E-state index in [9.17, 15) is 44.1 Å². The number of alkyl halides is 6. The van der Waals surface area contributed by atoms with E-state index in [1.165, 1.54) is 0 Å². The molecule has 0 atom stereocenters. The van der Waals surface area contributed by atoms with Gasteiger partial charge in [-0.2, -0.15) is 26.3 Å². The molecule has 1 rings (SSSR count). The van der Waals surface area contributed by atoms with Gasteiger partial charge in [-0.1, -0.05) is 51.4 Å². The minimum absolute atomic E-state index is 0.0365. The maximum Gasteiger partial charge on any atom is 0.438 e. The minimum Gasteiger partial charge on any atom is -0.748 e. The van der Waals surface area contributed by atoms with E-state index >= 15 is 0 Å². The largest absolute Gasteiger partial charge is 0.748 e. The van der Waals surface area contributed by atoms with Crippen LogP contribution in [0.2, 0.25) is 0 Å². The van der Waals surface area contributed by atoms with Crippen LogP contribution in [0.3, 0.4) is 0 Å². The van der Waals surface area contributed by atoms with Crippen molar-refractivity contribution < 1.29 is 48.8 Å². The van der Waals surface area contributed by atoms with E-state index < -0.39 is 45.7 Å². The van der Waals surface area contributed by atoms with Crippen LogP contribution in [0.15, 0.2) is 0 Å². The van der Waals surface area contributed by atoms with E-state index in [0.29, 0.717) is 25.7 Å². The summed E-state index contributed by atoms with van der Waals surface area (Å²) in [6, 6.07) is 0. The molecule has 0 radical (unpaired) electrons. The van der Waals surface area contributed by atoms with Crippen LogP contribution < -0.4 is 0 Å². The Balaban J connectivity index is 3.15. The first-order valence-corrected chi connectivity index (χ1v) is 10.6. The molecule has 0 bridgehead atoms. The lowest BCUT2D eigenvalue weighted by Crippen LogP contribution is -2.63. The third-order valence-corrected chi connectivity index (χ3v) is 5.52. The first-order chi connectivity index (χ1) is 12.7. The Kier molecular flexibility index (Phi) is 8.61. The molecule has 1 fully saturated rings. The molecule has 1 aliphatic rings. The first kappa shape index (κ1) is 25.0. The molecule has 0 aromatic carbocycles. The number of halogens is 6. The van der Waals surface area contributed by atoms with Gasteiger partial charge in [-0.3, -0.25) is 4.79 Å².